The molecule has 0 spiro atoms. The van der Waals surface area contributed by atoms with Gasteiger partial charge in [-0.15, -0.1) is 10.2 Å². The predicted molar refractivity (Wildman–Crippen MR) is 92.7 cm³/mol. The molecule has 2 heterocycles. The molecule has 1 fully saturated rings. The van der Waals surface area contributed by atoms with Gasteiger partial charge < -0.3 is 15.0 Å². The molecule has 0 aliphatic carbocycles. The van der Waals surface area contributed by atoms with Gasteiger partial charge in [0.2, 0.25) is 0 Å². The second-order valence-electron chi connectivity index (χ2n) is 5.61. The Morgan fingerprint density at radius 1 is 1.29 bits per heavy atom. The largest absolute Gasteiger partial charge is 0.487 e. The monoisotopic (exact) mass is 346 g/mol. The molecule has 1 N–H and O–H groups in total. The standard InChI is InChI=1S/C17H19ClN4O2/c1-19-17(23)14-8-9-16(21-20-14)22-10-4-5-12(11-22)24-15-7-3-2-6-13(15)18/h2-3,6-9,12H,4-5,10-11H2,1H3,(H,19,23)/t12-/m1/s1. The highest BCUT2D eigenvalue weighted by molar-refractivity contribution is 6.32. The molecule has 7 heteroatoms. The molecule has 0 bridgehead atoms. The fourth-order valence-electron chi connectivity index (χ4n) is 2.71. The third-order valence-electron chi connectivity index (χ3n) is 3.94. The van der Waals surface area contributed by atoms with E-state index in [-0.39, 0.29) is 12.0 Å². The molecule has 1 atom stereocenters. The van der Waals surface area contributed by atoms with Crippen molar-refractivity contribution >= 4 is 23.3 Å². The second kappa shape index (κ2) is 7.49. The van der Waals surface area contributed by atoms with Gasteiger partial charge in [-0.3, -0.25) is 4.79 Å². The number of carbonyl (C=O) groups is 1. The highest BCUT2D eigenvalue weighted by atomic mass is 35.5. The molecule has 1 aromatic carbocycles. The number of benzene rings is 1. The lowest BCUT2D eigenvalue weighted by molar-refractivity contribution is 0.0957. The van der Waals surface area contributed by atoms with Gasteiger partial charge in [0, 0.05) is 13.6 Å². The molecular weight excluding hydrogens is 328 g/mol. The van der Waals surface area contributed by atoms with E-state index in [4.69, 9.17) is 16.3 Å². The molecule has 6 nitrogen and oxygen atoms in total. The normalized spacial score (nSPS) is 17.4. The molecule has 0 saturated carbocycles. The first-order valence-electron chi connectivity index (χ1n) is 7.89. The van der Waals surface area contributed by atoms with Gasteiger partial charge in [0.1, 0.15) is 11.9 Å². The summed E-state index contributed by atoms with van der Waals surface area (Å²) in [5, 5.41) is 11.3. The van der Waals surface area contributed by atoms with E-state index in [9.17, 15) is 4.79 Å². The van der Waals surface area contributed by atoms with Crippen molar-refractivity contribution in [1.29, 1.82) is 0 Å². The van der Waals surface area contributed by atoms with E-state index in [0.717, 1.165) is 25.2 Å². The van der Waals surface area contributed by atoms with Crippen LogP contribution in [0.3, 0.4) is 0 Å². The molecule has 126 valence electrons. The maximum atomic E-state index is 11.5. The maximum absolute atomic E-state index is 11.5. The summed E-state index contributed by atoms with van der Waals surface area (Å²) in [6.45, 7) is 1.59. The first-order chi connectivity index (χ1) is 11.7. The van der Waals surface area contributed by atoms with Crippen molar-refractivity contribution in [3.8, 4) is 5.75 Å². The first-order valence-corrected chi connectivity index (χ1v) is 8.27. The topological polar surface area (TPSA) is 67.4 Å². The Kier molecular flexibility index (Phi) is 5.15. The van der Waals surface area contributed by atoms with E-state index in [0.29, 0.717) is 23.0 Å². The van der Waals surface area contributed by atoms with Crippen LogP contribution in [-0.4, -0.2) is 42.3 Å². The number of nitrogens with zero attached hydrogens (tertiary/aromatic N) is 3. The lowest BCUT2D eigenvalue weighted by atomic mass is 10.1. The lowest BCUT2D eigenvalue weighted by Gasteiger charge is -2.33. The fraction of sp³-hybridized carbons (Fsp3) is 0.353. The molecule has 24 heavy (non-hydrogen) atoms. The minimum atomic E-state index is -0.243. The summed E-state index contributed by atoms with van der Waals surface area (Å²) in [6, 6.07) is 11.0. The van der Waals surface area contributed by atoms with Crippen LogP contribution in [0.15, 0.2) is 36.4 Å². The SMILES string of the molecule is CNC(=O)c1ccc(N2CCC[C@@H](Oc3ccccc3Cl)C2)nn1. The van der Waals surface area contributed by atoms with Crippen LogP contribution in [0.1, 0.15) is 23.3 Å². The first kappa shape index (κ1) is 16.5. The van der Waals surface area contributed by atoms with Crippen LogP contribution in [0.4, 0.5) is 5.82 Å². The molecule has 1 aliphatic heterocycles. The van der Waals surface area contributed by atoms with Gasteiger partial charge in [0.25, 0.3) is 5.91 Å². The predicted octanol–water partition coefficient (Wildman–Crippen LogP) is 2.54. The van der Waals surface area contributed by atoms with Gasteiger partial charge in [-0.2, -0.15) is 0 Å². The van der Waals surface area contributed by atoms with E-state index < -0.39 is 0 Å². The van der Waals surface area contributed by atoms with E-state index in [1.54, 1.807) is 13.1 Å². The van der Waals surface area contributed by atoms with Gasteiger partial charge in [-0.25, -0.2) is 0 Å². The summed E-state index contributed by atoms with van der Waals surface area (Å²) in [5.74, 6) is 1.20. The van der Waals surface area contributed by atoms with Crippen molar-refractivity contribution in [2.45, 2.75) is 18.9 Å². The maximum Gasteiger partial charge on any atom is 0.271 e. The lowest BCUT2D eigenvalue weighted by Crippen LogP contribution is -2.41. The zero-order valence-electron chi connectivity index (χ0n) is 13.4. The van der Waals surface area contributed by atoms with Crippen molar-refractivity contribution < 1.29 is 9.53 Å². The number of piperidine rings is 1. The van der Waals surface area contributed by atoms with Gasteiger partial charge in [-0.05, 0) is 37.1 Å². The third-order valence-corrected chi connectivity index (χ3v) is 4.25. The number of hydrogen-bond donors (Lipinski definition) is 1. The number of carbonyl (C=O) groups excluding carboxylic acids is 1. The van der Waals surface area contributed by atoms with Crippen LogP contribution in [0.2, 0.25) is 5.02 Å². The number of aromatic nitrogens is 2. The van der Waals surface area contributed by atoms with E-state index >= 15 is 0 Å². The summed E-state index contributed by atoms with van der Waals surface area (Å²) in [4.78, 5) is 13.6. The third kappa shape index (κ3) is 3.76. The molecule has 0 unspecified atom stereocenters. The zero-order chi connectivity index (χ0) is 16.9. The van der Waals surface area contributed by atoms with E-state index in [1.165, 1.54) is 0 Å². The quantitative estimate of drug-likeness (QED) is 0.921. The molecule has 3 rings (SSSR count). The molecule has 0 radical (unpaired) electrons. The Bertz CT molecular complexity index is 708. The van der Waals surface area contributed by atoms with Gasteiger partial charge >= 0.3 is 0 Å². The average molecular weight is 347 g/mol. The van der Waals surface area contributed by atoms with Crippen molar-refractivity contribution in [2.24, 2.45) is 0 Å². The Morgan fingerprint density at radius 3 is 2.83 bits per heavy atom. The molecular formula is C17H19ClN4O2. The van der Waals surface area contributed by atoms with Crippen LogP contribution < -0.4 is 15.0 Å². The number of anilines is 1. The summed E-state index contributed by atoms with van der Waals surface area (Å²) in [7, 11) is 1.57. The number of nitrogens with one attached hydrogen (secondary N) is 1. The van der Waals surface area contributed by atoms with E-state index in [2.05, 4.69) is 20.4 Å². The summed E-state index contributed by atoms with van der Waals surface area (Å²) in [5.41, 5.74) is 0.308. The number of amides is 1. The van der Waals surface area contributed by atoms with E-state index in [1.807, 2.05) is 30.3 Å². The highest BCUT2D eigenvalue weighted by Gasteiger charge is 2.23. The van der Waals surface area contributed by atoms with Crippen LogP contribution in [0.5, 0.6) is 5.75 Å². The number of para-hydroxylation sites is 1. The van der Waals surface area contributed by atoms with Crippen LogP contribution in [0, 0.1) is 0 Å². The summed E-state index contributed by atoms with van der Waals surface area (Å²) < 4.78 is 6.03. The van der Waals surface area contributed by atoms with Crippen molar-refractivity contribution in [3.63, 3.8) is 0 Å². The minimum absolute atomic E-state index is 0.0408. The van der Waals surface area contributed by atoms with Crippen LogP contribution in [-0.2, 0) is 0 Å². The number of hydrogen-bond acceptors (Lipinski definition) is 5. The van der Waals surface area contributed by atoms with Gasteiger partial charge in [-0.1, -0.05) is 23.7 Å². The number of ether oxygens (including phenoxy) is 1. The smallest absolute Gasteiger partial charge is 0.271 e. The molecule has 1 amide bonds. The van der Waals surface area contributed by atoms with Crippen LogP contribution in [0.25, 0.3) is 0 Å². The van der Waals surface area contributed by atoms with Gasteiger partial charge in [0.05, 0.1) is 11.6 Å². The molecule has 1 aliphatic rings. The number of rotatable bonds is 4. The summed E-state index contributed by atoms with van der Waals surface area (Å²) >= 11 is 6.16. The average Bonchev–Trinajstić information content (AvgIpc) is 2.63. The second-order valence-corrected chi connectivity index (χ2v) is 6.02. The van der Waals surface area contributed by atoms with Crippen molar-refractivity contribution in [2.75, 3.05) is 25.0 Å². The molecule has 1 saturated heterocycles. The molecule has 2 aromatic rings. The van der Waals surface area contributed by atoms with Gasteiger partial charge in [0.15, 0.2) is 11.5 Å². The summed E-state index contributed by atoms with van der Waals surface area (Å²) in [6.07, 6.45) is 2.00. The Hall–Kier alpha value is -2.34. The Morgan fingerprint density at radius 2 is 2.12 bits per heavy atom. The highest BCUT2D eigenvalue weighted by Crippen LogP contribution is 2.27. The Labute approximate surface area is 145 Å². The van der Waals surface area contributed by atoms with Crippen LogP contribution >= 0.6 is 11.6 Å². The van der Waals surface area contributed by atoms with Crippen molar-refractivity contribution in [1.82, 2.24) is 15.5 Å². The minimum Gasteiger partial charge on any atom is -0.487 e. The molecule has 1 aromatic heterocycles. The Balaban J connectivity index is 1.67. The zero-order valence-corrected chi connectivity index (χ0v) is 14.2. The fourth-order valence-corrected chi connectivity index (χ4v) is 2.89. The number of halogens is 1. The van der Waals surface area contributed by atoms with Crippen molar-refractivity contribution in [3.05, 3.63) is 47.1 Å².